The number of unbranched alkanes of at least 4 members (excludes halogenated alkanes) is 1. The Bertz CT molecular complexity index is 373. The predicted octanol–water partition coefficient (Wildman–Crippen LogP) is 4.34. The summed E-state index contributed by atoms with van der Waals surface area (Å²) in [6.45, 7) is 0.484. The van der Waals surface area contributed by atoms with Crippen LogP contribution in [-0.4, -0.2) is 31.2 Å². The van der Waals surface area contributed by atoms with Gasteiger partial charge in [-0.15, -0.1) is 0 Å². The number of nitrogens with one attached hydrogen (secondary N) is 1. The second-order valence-corrected chi connectivity index (χ2v) is 6.10. The van der Waals surface area contributed by atoms with Crippen molar-refractivity contribution in [2.24, 2.45) is 0 Å². The van der Waals surface area contributed by atoms with E-state index in [1.54, 1.807) is 12.1 Å². The first-order valence-corrected chi connectivity index (χ1v) is 8.77. The molecule has 0 fully saturated rings. The van der Waals surface area contributed by atoms with Gasteiger partial charge in [-0.05, 0) is 68.9 Å². The Morgan fingerprint density at radius 3 is 2.52 bits per heavy atom. The van der Waals surface area contributed by atoms with Crippen LogP contribution >= 0.6 is 11.8 Å². The molecule has 5 heteroatoms. The molecule has 0 bridgehead atoms. The Morgan fingerprint density at radius 1 is 1.19 bits per heavy atom. The van der Waals surface area contributed by atoms with Gasteiger partial charge in [0.1, 0.15) is 5.75 Å². The van der Waals surface area contributed by atoms with E-state index in [2.05, 4.69) is 23.2 Å². The van der Waals surface area contributed by atoms with Crippen LogP contribution in [0.5, 0.6) is 5.75 Å². The van der Waals surface area contributed by atoms with Crippen molar-refractivity contribution >= 4 is 11.8 Å². The molecule has 120 valence electrons. The molecule has 0 saturated heterocycles. The quantitative estimate of drug-likeness (QED) is 0.613. The fraction of sp³-hybridized carbons (Fsp3) is 0.625. The largest absolute Gasteiger partial charge is 0.435 e. The molecule has 21 heavy (non-hydrogen) atoms. The normalized spacial score (nSPS) is 12.6. The van der Waals surface area contributed by atoms with Crippen molar-refractivity contribution in [3.05, 3.63) is 29.8 Å². The fourth-order valence-electron chi connectivity index (χ4n) is 2.04. The molecule has 1 N–H and O–H groups in total. The van der Waals surface area contributed by atoms with Crippen molar-refractivity contribution < 1.29 is 13.5 Å². The molecule has 0 amide bonds. The van der Waals surface area contributed by atoms with Crippen LogP contribution in [0.2, 0.25) is 0 Å². The average molecular weight is 317 g/mol. The highest BCUT2D eigenvalue weighted by molar-refractivity contribution is 7.98. The van der Waals surface area contributed by atoms with Crippen LogP contribution in [0.4, 0.5) is 8.78 Å². The number of ether oxygens (including phenoxy) is 1. The zero-order valence-corrected chi connectivity index (χ0v) is 13.6. The van der Waals surface area contributed by atoms with Gasteiger partial charge in [-0.25, -0.2) is 0 Å². The second-order valence-electron chi connectivity index (χ2n) is 5.12. The molecule has 0 saturated carbocycles. The maximum atomic E-state index is 12.0. The van der Waals surface area contributed by atoms with E-state index in [9.17, 15) is 8.78 Å². The standard InChI is InChI=1S/C16H25F2NOS/c1-13(19-11-3-4-12-21-2)5-6-14-7-9-15(10-8-14)20-16(17)18/h7-10,13,16,19H,3-6,11-12H2,1-2H3. The molecule has 0 aliphatic rings. The SMILES string of the molecule is CSCCCCNC(C)CCc1ccc(OC(F)F)cc1. The van der Waals surface area contributed by atoms with Gasteiger partial charge in [0.15, 0.2) is 0 Å². The van der Waals surface area contributed by atoms with Crippen LogP contribution < -0.4 is 10.1 Å². The summed E-state index contributed by atoms with van der Waals surface area (Å²) in [5.74, 6) is 1.44. The Morgan fingerprint density at radius 2 is 1.90 bits per heavy atom. The number of hydrogen-bond donors (Lipinski definition) is 1. The highest BCUT2D eigenvalue weighted by Crippen LogP contribution is 2.16. The minimum Gasteiger partial charge on any atom is -0.435 e. The molecule has 0 aliphatic carbocycles. The molecule has 0 aromatic heterocycles. The van der Waals surface area contributed by atoms with Gasteiger partial charge >= 0.3 is 6.61 Å². The fourth-order valence-corrected chi connectivity index (χ4v) is 2.54. The molecule has 0 heterocycles. The van der Waals surface area contributed by atoms with Crippen LogP contribution in [0, 0.1) is 0 Å². The first-order valence-electron chi connectivity index (χ1n) is 7.38. The van der Waals surface area contributed by atoms with E-state index in [4.69, 9.17) is 0 Å². The van der Waals surface area contributed by atoms with Gasteiger partial charge in [-0.1, -0.05) is 12.1 Å². The molecule has 1 atom stereocenters. The lowest BCUT2D eigenvalue weighted by atomic mass is 10.1. The molecule has 2 nitrogen and oxygen atoms in total. The van der Waals surface area contributed by atoms with Crippen LogP contribution in [0.3, 0.4) is 0 Å². The molecule has 1 aromatic carbocycles. The summed E-state index contributed by atoms with van der Waals surface area (Å²) < 4.78 is 28.4. The van der Waals surface area contributed by atoms with Gasteiger partial charge in [0.2, 0.25) is 0 Å². The lowest BCUT2D eigenvalue weighted by Gasteiger charge is -2.14. The maximum absolute atomic E-state index is 12.0. The smallest absolute Gasteiger partial charge is 0.387 e. The van der Waals surface area contributed by atoms with E-state index in [1.165, 1.54) is 18.6 Å². The molecule has 1 unspecified atom stereocenters. The number of halogens is 2. The number of thioether (sulfide) groups is 1. The van der Waals surface area contributed by atoms with Gasteiger partial charge in [0, 0.05) is 6.04 Å². The van der Waals surface area contributed by atoms with Crippen molar-refractivity contribution in [3.63, 3.8) is 0 Å². The highest BCUT2D eigenvalue weighted by Gasteiger charge is 2.05. The molecule has 0 radical (unpaired) electrons. The number of alkyl halides is 2. The van der Waals surface area contributed by atoms with Crippen LogP contribution in [-0.2, 0) is 6.42 Å². The van der Waals surface area contributed by atoms with Gasteiger partial charge in [-0.2, -0.15) is 20.5 Å². The van der Waals surface area contributed by atoms with Crippen molar-refractivity contribution in [1.82, 2.24) is 5.32 Å². The summed E-state index contributed by atoms with van der Waals surface area (Å²) >= 11 is 1.89. The van der Waals surface area contributed by atoms with E-state index in [0.717, 1.165) is 24.9 Å². The Hall–Kier alpha value is -0.810. The van der Waals surface area contributed by atoms with Gasteiger partial charge in [-0.3, -0.25) is 0 Å². The van der Waals surface area contributed by atoms with E-state index >= 15 is 0 Å². The molecule has 0 spiro atoms. The Balaban J connectivity index is 2.18. The average Bonchev–Trinajstić information content (AvgIpc) is 2.46. The summed E-state index contributed by atoms with van der Waals surface area (Å²) in [4.78, 5) is 0. The third kappa shape index (κ3) is 8.94. The number of aryl methyl sites for hydroxylation is 1. The second kappa shape index (κ2) is 10.9. The third-order valence-corrected chi connectivity index (χ3v) is 3.98. The van der Waals surface area contributed by atoms with E-state index < -0.39 is 6.61 Å². The first kappa shape index (κ1) is 18.2. The van der Waals surface area contributed by atoms with Gasteiger partial charge in [0.05, 0.1) is 0 Å². The predicted molar refractivity (Wildman–Crippen MR) is 86.5 cm³/mol. The molecular weight excluding hydrogens is 292 g/mol. The van der Waals surface area contributed by atoms with Crippen LogP contribution in [0.25, 0.3) is 0 Å². The van der Waals surface area contributed by atoms with E-state index in [1.807, 2.05) is 23.9 Å². The number of rotatable bonds is 11. The molecule has 0 aliphatic heterocycles. The summed E-state index contributed by atoms with van der Waals surface area (Å²) in [5.41, 5.74) is 1.15. The number of benzene rings is 1. The molecule has 1 rings (SSSR count). The lowest BCUT2D eigenvalue weighted by molar-refractivity contribution is -0.0498. The topological polar surface area (TPSA) is 21.3 Å². The minimum absolute atomic E-state index is 0.216. The molecular formula is C16H25F2NOS. The third-order valence-electron chi connectivity index (χ3n) is 3.28. The summed E-state index contributed by atoms with van der Waals surface area (Å²) in [5, 5.41) is 3.52. The maximum Gasteiger partial charge on any atom is 0.387 e. The van der Waals surface area contributed by atoms with Gasteiger partial charge in [0.25, 0.3) is 0 Å². The highest BCUT2D eigenvalue weighted by atomic mass is 32.2. The van der Waals surface area contributed by atoms with Crippen molar-refractivity contribution in [1.29, 1.82) is 0 Å². The first-order chi connectivity index (χ1) is 10.1. The van der Waals surface area contributed by atoms with Crippen LogP contribution in [0.1, 0.15) is 31.7 Å². The zero-order chi connectivity index (χ0) is 15.5. The molecule has 1 aromatic rings. The summed E-state index contributed by atoms with van der Waals surface area (Å²) in [7, 11) is 0. The van der Waals surface area contributed by atoms with E-state index in [-0.39, 0.29) is 5.75 Å². The summed E-state index contributed by atoms with van der Waals surface area (Å²) in [6, 6.07) is 7.37. The van der Waals surface area contributed by atoms with Crippen molar-refractivity contribution in [2.75, 3.05) is 18.6 Å². The zero-order valence-electron chi connectivity index (χ0n) is 12.8. The van der Waals surface area contributed by atoms with Crippen LogP contribution in [0.15, 0.2) is 24.3 Å². The van der Waals surface area contributed by atoms with Crippen molar-refractivity contribution in [2.45, 2.75) is 45.3 Å². The summed E-state index contributed by atoms with van der Waals surface area (Å²) in [6.07, 6.45) is 6.58. The monoisotopic (exact) mass is 317 g/mol. The van der Waals surface area contributed by atoms with Gasteiger partial charge < -0.3 is 10.1 Å². The van der Waals surface area contributed by atoms with E-state index in [0.29, 0.717) is 6.04 Å². The Kier molecular flexibility index (Phi) is 9.42. The lowest BCUT2D eigenvalue weighted by Crippen LogP contribution is -2.27. The minimum atomic E-state index is -2.76. The van der Waals surface area contributed by atoms with Crippen molar-refractivity contribution in [3.8, 4) is 5.75 Å². The Labute approximate surface area is 130 Å². The number of hydrogen-bond acceptors (Lipinski definition) is 3.